The molecule has 6 nitrogen and oxygen atoms in total. The molecule has 1 aliphatic heterocycles. The summed E-state index contributed by atoms with van der Waals surface area (Å²) in [5.41, 5.74) is 1.93. The van der Waals surface area contributed by atoms with Gasteiger partial charge in [0.25, 0.3) is 5.91 Å². The monoisotopic (exact) mass is 388 g/mol. The average Bonchev–Trinajstić information content (AvgIpc) is 2.67. The molecule has 0 spiro atoms. The van der Waals surface area contributed by atoms with Gasteiger partial charge in [0.2, 0.25) is 0 Å². The molecule has 1 aromatic carbocycles. The second-order valence-electron chi connectivity index (χ2n) is 8.76. The highest BCUT2D eigenvalue weighted by molar-refractivity contribution is 5.93. The third-order valence-corrected chi connectivity index (χ3v) is 5.12. The topological polar surface area (TPSA) is 66.0 Å². The van der Waals surface area contributed by atoms with Gasteiger partial charge in [0.1, 0.15) is 0 Å². The smallest absolute Gasteiger partial charge is 0.253 e. The van der Waals surface area contributed by atoms with Crippen LogP contribution in [0.1, 0.15) is 49.5 Å². The van der Waals surface area contributed by atoms with Gasteiger partial charge in [0.15, 0.2) is 5.96 Å². The predicted molar refractivity (Wildman–Crippen MR) is 115 cm³/mol. The van der Waals surface area contributed by atoms with Crippen molar-refractivity contribution in [1.29, 1.82) is 0 Å². The molecule has 2 unspecified atom stereocenters. The summed E-state index contributed by atoms with van der Waals surface area (Å²) in [7, 11) is 5.30. The quantitative estimate of drug-likeness (QED) is 0.601. The molecule has 2 atom stereocenters. The average molecular weight is 389 g/mol. The number of carbonyl (C=O) groups excluding carboxylic acids is 1. The molecule has 2 rings (SSSR count). The number of carbonyl (C=O) groups is 1. The number of amides is 1. The van der Waals surface area contributed by atoms with Gasteiger partial charge in [-0.2, -0.15) is 0 Å². The minimum absolute atomic E-state index is 0.0140. The lowest BCUT2D eigenvalue weighted by Crippen LogP contribution is -2.47. The van der Waals surface area contributed by atoms with E-state index >= 15 is 0 Å². The molecule has 1 aromatic rings. The zero-order valence-electron chi connectivity index (χ0n) is 18.2. The third-order valence-electron chi connectivity index (χ3n) is 5.12. The number of nitrogens with zero attached hydrogens (tertiary/aromatic N) is 2. The highest BCUT2D eigenvalue weighted by Crippen LogP contribution is 2.33. The van der Waals surface area contributed by atoms with Crippen molar-refractivity contribution in [2.24, 2.45) is 16.3 Å². The first-order valence-electron chi connectivity index (χ1n) is 10.1. The molecule has 0 saturated carbocycles. The zero-order valence-corrected chi connectivity index (χ0v) is 18.2. The van der Waals surface area contributed by atoms with Crippen molar-refractivity contribution in [3.63, 3.8) is 0 Å². The Hall–Kier alpha value is -2.08. The highest BCUT2D eigenvalue weighted by atomic mass is 16.5. The van der Waals surface area contributed by atoms with Crippen molar-refractivity contribution in [2.75, 3.05) is 34.3 Å². The number of ether oxygens (including phenoxy) is 1. The Kier molecular flexibility index (Phi) is 7.87. The van der Waals surface area contributed by atoms with Gasteiger partial charge in [-0.1, -0.05) is 32.9 Å². The Labute approximate surface area is 169 Å². The van der Waals surface area contributed by atoms with Gasteiger partial charge in [-0.25, -0.2) is 0 Å². The zero-order chi connectivity index (χ0) is 20.7. The molecule has 1 fully saturated rings. The summed E-state index contributed by atoms with van der Waals surface area (Å²) in [5.74, 6) is 1.27. The summed E-state index contributed by atoms with van der Waals surface area (Å²) in [6.07, 6.45) is 2.55. The number of guanidine groups is 1. The van der Waals surface area contributed by atoms with Crippen molar-refractivity contribution in [3.8, 4) is 0 Å². The molecule has 1 amide bonds. The van der Waals surface area contributed by atoms with E-state index in [1.807, 2.05) is 24.3 Å². The predicted octanol–water partition coefficient (Wildman–Crippen LogP) is 2.89. The molecular formula is C22H36N4O2. The van der Waals surface area contributed by atoms with Crippen LogP contribution >= 0.6 is 0 Å². The summed E-state index contributed by atoms with van der Waals surface area (Å²) in [6.45, 7) is 9.09. The lowest BCUT2D eigenvalue weighted by Gasteiger charge is -2.40. The number of rotatable bonds is 5. The first-order chi connectivity index (χ1) is 13.2. The SMILES string of the molecule is CN=C(NCc1ccc(C(=O)N(C)C)cc1)NCC1CCCOC1C(C)(C)C. The highest BCUT2D eigenvalue weighted by Gasteiger charge is 2.35. The van der Waals surface area contributed by atoms with E-state index in [0.717, 1.165) is 31.1 Å². The third kappa shape index (κ3) is 6.23. The van der Waals surface area contributed by atoms with Crippen LogP contribution in [0.15, 0.2) is 29.3 Å². The maximum Gasteiger partial charge on any atom is 0.253 e. The van der Waals surface area contributed by atoms with E-state index in [4.69, 9.17) is 4.74 Å². The fraction of sp³-hybridized carbons (Fsp3) is 0.636. The van der Waals surface area contributed by atoms with E-state index < -0.39 is 0 Å². The summed E-state index contributed by atoms with van der Waals surface area (Å²) in [5, 5.41) is 6.81. The van der Waals surface area contributed by atoms with Crippen molar-refractivity contribution >= 4 is 11.9 Å². The first kappa shape index (κ1) is 22.2. The minimum Gasteiger partial charge on any atom is -0.377 e. The lowest BCUT2D eigenvalue weighted by molar-refractivity contribution is -0.0835. The van der Waals surface area contributed by atoms with Crippen LogP contribution in [0.5, 0.6) is 0 Å². The van der Waals surface area contributed by atoms with Gasteiger partial charge in [-0.05, 0) is 36.0 Å². The van der Waals surface area contributed by atoms with E-state index in [1.54, 1.807) is 26.0 Å². The van der Waals surface area contributed by atoms with E-state index in [0.29, 0.717) is 18.0 Å². The Bertz CT molecular complexity index is 662. The van der Waals surface area contributed by atoms with Crippen LogP contribution in [0.4, 0.5) is 0 Å². The van der Waals surface area contributed by atoms with Crippen LogP contribution in [-0.2, 0) is 11.3 Å². The second-order valence-corrected chi connectivity index (χ2v) is 8.76. The van der Waals surface area contributed by atoms with Crippen LogP contribution in [-0.4, -0.2) is 57.2 Å². The summed E-state index contributed by atoms with van der Waals surface area (Å²) < 4.78 is 6.07. The van der Waals surface area contributed by atoms with Crippen LogP contribution in [0.3, 0.4) is 0 Å². The summed E-state index contributed by atoms with van der Waals surface area (Å²) >= 11 is 0. The molecule has 1 saturated heterocycles. The number of nitrogens with one attached hydrogen (secondary N) is 2. The fourth-order valence-electron chi connectivity index (χ4n) is 3.67. The van der Waals surface area contributed by atoms with Gasteiger partial charge in [-0.3, -0.25) is 9.79 Å². The Balaban J connectivity index is 1.86. The van der Waals surface area contributed by atoms with Crippen molar-refractivity contribution in [3.05, 3.63) is 35.4 Å². The molecule has 0 aliphatic carbocycles. The van der Waals surface area contributed by atoms with Crippen molar-refractivity contribution in [2.45, 2.75) is 46.3 Å². The number of hydrogen-bond acceptors (Lipinski definition) is 3. The van der Waals surface area contributed by atoms with Crippen LogP contribution in [0.25, 0.3) is 0 Å². The Morgan fingerprint density at radius 1 is 1.21 bits per heavy atom. The van der Waals surface area contributed by atoms with E-state index in [2.05, 4.69) is 36.4 Å². The van der Waals surface area contributed by atoms with E-state index in [-0.39, 0.29) is 17.4 Å². The number of hydrogen-bond donors (Lipinski definition) is 2. The maximum absolute atomic E-state index is 12.0. The molecule has 0 aromatic heterocycles. The largest absolute Gasteiger partial charge is 0.377 e. The van der Waals surface area contributed by atoms with E-state index in [1.165, 1.54) is 6.42 Å². The summed E-state index contributed by atoms with van der Waals surface area (Å²) in [4.78, 5) is 17.9. The molecular weight excluding hydrogens is 352 g/mol. The van der Waals surface area contributed by atoms with Crippen molar-refractivity contribution < 1.29 is 9.53 Å². The Morgan fingerprint density at radius 2 is 1.89 bits per heavy atom. The van der Waals surface area contributed by atoms with Gasteiger partial charge in [0.05, 0.1) is 6.10 Å². The molecule has 0 bridgehead atoms. The number of aliphatic imine (C=N–C) groups is 1. The number of benzene rings is 1. The molecule has 156 valence electrons. The fourth-order valence-corrected chi connectivity index (χ4v) is 3.67. The van der Waals surface area contributed by atoms with Gasteiger partial charge < -0.3 is 20.3 Å². The minimum atomic E-state index is 0.0140. The van der Waals surface area contributed by atoms with Gasteiger partial charge in [0, 0.05) is 52.3 Å². The van der Waals surface area contributed by atoms with Crippen LogP contribution in [0.2, 0.25) is 0 Å². The lowest BCUT2D eigenvalue weighted by atomic mass is 9.78. The second kappa shape index (κ2) is 9.92. The molecule has 2 N–H and O–H groups in total. The Morgan fingerprint density at radius 3 is 2.46 bits per heavy atom. The molecule has 0 radical (unpaired) electrons. The molecule has 1 heterocycles. The van der Waals surface area contributed by atoms with Gasteiger partial charge >= 0.3 is 0 Å². The normalized spacial score (nSPS) is 20.6. The molecule has 28 heavy (non-hydrogen) atoms. The molecule has 1 aliphatic rings. The summed E-state index contributed by atoms with van der Waals surface area (Å²) in [6, 6.07) is 7.68. The van der Waals surface area contributed by atoms with E-state index in [9.17, 15) is 4.79 Å². The van der Waals surface area contributed by atoms with Crippen molar-refractivity contribution in [1.82, 2.24) is 15.5 Å². The van der Waals surface area contributed by atoms with Crippen LogP contribution < -0.4 is 10.6 Å². The van der Waals surface area contributed by atoms with Gasteiger partial charge in [-0.15, -0.1) is 0 Å². The van der Waals surface area contributed by atoms with Crippen LogP contribution in [0, 0.1) is 11.3 Å². The molecule has 6 heteroatoms. The first-order valence-corrected chi connectivity index (χ1v) is 10.1. The maximum atomic E-state index is 12.0. The standard InChI is InChI=1S/C22H36N4O2/c1-22(2,3)19-18(8-7-13-28-19)15-25-21(23-4)24-14-16-9-11-17(12-10-16)20(27)26(5)6/h9-12,18-19H,7-8,13-15H2,1-6H3,(H2,23,24,25).